The molecule has 3 N–H and O–H groups in total. The molecule has 1 atom stereocenters. The first-order valence-electron chi connectivity index (χ1n) is 10.7. The van der Waals surface area contributed by atoms with Gasteiger partial charge in [-0.05, 0) is 41.1 Å². The lowest BCUT2D eigenvalue weighted by Crippen LogP contribution is -2.41. The zero-order valence-electron chi connectivity index (χ0n) is 18.5. The molecule has 0 saturated carbocycles. The largest absolute Gasteiger partial charge is 0.456 e. The lowest BCUT2D eigenvalue weighted by atomic mass is 9.92. The Morgan fingerprint density at radius 3 is 2.54 bits per heavy atom. The van der Waals surface area contributed by atoms with Crippen LogP contribution in [0.25, 0.3) is 0 Å². The number of thiophene rings is 1. The third-order valence-corrected chi connectivity index (χ3v) is 8.89. The number of fused-ring (bicyclic) bond motifs is 1. The summed E-state index contributed by atoms with van der Waals surface area (Å²) in [6.45, 7) is -0.377. The Kier molecular flexibility index (Phi) is 7.29. The number of para-hydroxylation sites is 1. The molecule has 1 unspecified atom stereocenters. The number of sulfonamides is 1. The molecular weight excluding hydrogens is 490 g/mol. The van der Waals surface area contributed by atoms with E-state index >= 15 is 0 Å². The van der Waals surface area contributed by atoms with Gasteiger partial charge in [0, 0.05) is 6.54 Å². The Labute approximate surface area is 206 Å². The number of ether oxygens (including phenoxy) is 1. The van der Waals surface area contributed by atoms with Crippen LogP contribution in [-0.2, 0) is 30.8 Å². The molecular formula is C24H23N3O6S2. The maximum Gasteiger partial charge on any atom is 0.308 e. The summed E-state index contributed by atoms with van der Waals surface area (Å²) in [7, 11) is -3.82. The molecule has 0 radical (unpaired) electrons. The van der Waals surface area contributed by atoms with Crippen molar-refractivity contribution < 1.29 is 27.5 Å². The quantitative estimate of drug-likeness (QED) is 0.445. The van der Waals surface area contributed by atoms with Crippen molar-refractivity contribution in [1.29, 1.82) is 0 Å². The molecule has 2 heterocycles. The second-order valence-electron chi connectivity index (χ2n) is 7.84. The molecule has 182 valence electrons. The maximum absolute atomic E-state index is 13.3. The number of nitrogens with one attached hydrogen (secondary N) is 1. The molecule has 0 fully saturated rings. The van der Waals surface area contributed by atoms with Crippen molar-refractivity contribution in [2.24, 2.45) is 5.73 Å². The molecule has 1 aliphatic heterocycles. The van der Waals surface area contributed by atoms with Crippen LogP contribution in [0.1, 0.15) is 33.9 Å². The average Bonchev–Trinajstić information content (AvgIpc) is 3.39. The standard InChI is InChI=1S/C24H23N3O6S2/c25-24(30)18-8-3-4-9-19(18)26-21(28)15-33-22(29)14-20-17-7-2-1-6-16(17)11-12-27(20)35(31,32)23-10-5-13-34-23/h1-10,13,20H,11-12,14-15H2,(H2,25,30)(H,26,28). The molecule has 4 rings (SSSR count). The van der Waals surface area contributed by atoms with Gasteiger partial charge in [0.2, 0.25) is 0 Å². The fourth-order valence-electron chi connectivity index (χ4n) is 4.01. The van der Waals surface area contributed by atoms with Crippen LogP contribution in [0.5, 0.6) is 0 Å². The molecule has 0 saturated heterocycles. The number of anilines is 1. The highest BCUT2D eigenvalue weighted by Gasteiger charge is 2.38. The summed E-state index contributed by atoms with van der Waals surface area (Å²) in [6, 6.07) is 16.0. The summed E-state index contributed by atoms with van der Waals surface area (Å²) in [5.74, 6) is -2.09. The zero-order chi connectivity index (χ0) is 25.0. The van der Waals surface area contributed by atoms with Gasteiger partial charge >= 0.3 is 5.97 Å². The van der Waals surface area contributed by atoms with E-state index in [9.17, 15) is 22.8 Å². The number of carbonyl (C=O) groups is 3. The second-order valence-corrected chi connectivity index (χ2v) is 10.9. The summed E-state index contributed by atoms with van der Waals surface area (Å²) in [5.41, 5.74) is 7.33. The molecule has 0 aliphatic carbocycles. The van der Waals surface area contributed by atoms with Gasteiger partial charge < -0.3 is 15.8 Å². The van der Waals surface area contributed by atoms with Crippen LogP contribution < -0.4 is 11.1 Å². The summed E-state index contributed by atoms with van der Waals surface area (Å²) in [5, 5.41) is 4.18. The number of carbonyl (C=O) groups excluding carboxylic acids is 3. The zero-order valence-corrected chi connectivity index (χ0v) is 20.2. The van der Waals surface area contributed by atoms with Gasteiger partial charge in [-0.3, -0.25) is 14.4 Å². The highest BCUT2D eigenvalue weighted by Crippen LogP contribution is 2.37. The van der Waals surface area contributed by atoms with E-state index in [1.807, 2.05) is 12.1 Å². The third-order valence-electron chi connectivity index (χ3n) is 5.61. The highest BCUT2D eigenvalue weighted by molar-refractivity contribution is 7.91. The van der Waals surface area contributed by atoms with E-state index in [1.54, 1.807) is 35.7 Å². The number of rotatable bonds is 8. The van der Waals surface area contributed by atoms with Crippen molar-refractivity contribution in [3.05, 3.63) is 82.7 Å². The van der Waals surface area contributed by atoms with Crippen LogP contribution >= 0.6 is 11.3 Å². The number of benzene rings is 2. The van der Waals surface area contributed by atoms with E-state index in [0.29, 0.717) is 6.42 Å². The molecule has 11 heteroatoms. The van der Waals surface area contributed by atoms with Crippen molar-refractivity contribution in [1.82, 2.24) is 4.31 Å². The predicted molar refractivity (Wildman–Crippen MR) is 130 cm³/mol. The van der Waals surface area contributed by atoms with Gasteiger partial charge in [0.1, 0.15) is 4.21 Å². The molecule has 35 heavy (non-hydrogen) atoms. The molecule has 1 aromatic heterocycles. The number of esters is 1. The maximum atomic E-state index is 13.3. The van der Waals surface area contributed by atoms with E-state index in [2.05, 4.69) is 5.32 Å². The van der Waals surface area contributed by atoms with Crippen molar-refractivity contribution in [2.75, 3.05) is 18.5 Å². The van der Waals surface area contributed by atoms with Crippen molar-refractivity contribution in [2.45, 2.75) is 23.1 Å². The topological polar surface area (TPSA) is 136 Å². The third kappa shape index (κ3) is 5.42. The Bertz CT molecular complexity index is 1360. The fraction of sp³-hybridized carbons (Fsp3) is 0.208. The van der Waals surface area contributed by atoms with E-state index in [0.717, 1.165) is 22.5 Å². The van der Waals surface area contributed by atoms with Gasteiger partial charge in [-0.15, -0.1) is 11.3 Å². The smallest absolute Gasteiger partial charge is 0.308 e. The fourth-order valence-corrected chi connectivity index (χ4v) is 6.74. The Hall–Kier alpha value is -3.54. The molecule has 1 aliphatic rings. The van der Waals surface area contributed by atoms with Crippen LogP contribution in [0.15, 0.2) is 70.3 Å². The molecule has 2 aromatic carbocycles. The summed E-state index contributed by atoms with van der Waals surface area (Å²) >= 11 is 1.11. The first-order chi connectivity index (χ1) is 16.8. The average molecular weight is 514 g/mol. The Balaban J connectivity index is 1.47. The monoisotopic (exact) mass is 513 g/mol. The number of hydrogen-bond acceptors (Lipinski definition) is 7. The number of amides is 2. The number of hydrogen-bond donors (Lipinski definition) is 2. The van der Waals surface area contributed by atoms with Gasteiger partial charge in [0.05, 0.1) is 23.7 Å². The van der Waals surface area contributed by atoms with Crippen molar-refractivity contribution in [3.8, 4) is 0 Å². The Morgan fingerprint density at radius 2 is 1.80 bits per heavy atom. The normalized spacial score (nSPS) is 15.7. The lowest BCUT2D eigenvalue weighted by molar-refractivity contribution is -0.148. The number of primary amides is 1. The van der Waals surface area contributed by atoms with Crippen molar-refractivity contribution >= 4 is 44.8 Å². The molecule has 0 bridgehead atoms. The number of nitrogens with zero attached hydrogens (tertiary/aromatic N) is 1. The van der Waals surface area contributed by atoms with Gasteiger partial charge in [-0.25, -0.2) is 8.42 Å². The summed E-state index contributed by atoms with van der Waals surface area (Å²) in [4.78, 5) is 36.6. The van der Waals surface area contributed by atoms with Crippen LogP contribution in [0.2, 0.25) is 0 Å². The second kappa shape index (κ2) is 10.4. The summed E-state index contributed by atoms with van der Waals surface area (Å²) in [6.07, 6.45) is 0.265. The first-order valence-corrected chi connectivity index (χ1v) is 13.1. The van der Waals surface area contributed by atoms with Crippen LogP contribution in [-0.4, -0.2) is 43.7 Å². The van der Waals surface area contributed by atoms with E-state index in [1.165, 1.54) is 22.5 Å². The van der Waals surface area contributed by atoms with Crippen molar-refractivity contribution in [3.63, 3.8) is 0 Å². The van der Waals surface area contributed by atoms with E-state index in [-0.39, 0.29) is 28.4 Å². The Morgan fingerprint density at radius 1 is 1.06 bits per heavy atom. The van der Waals surface area contributed by atoms with Crippen LogP contribution in [0.4, 0.5) is 5.69 Å². The van der Waals surface area contributed by atoms with Gasteiger partial charge in [-0.2, -0.15) is 4.31 Å². The highest BCUT2D eigenvalue weighted by atomic mass is 32.2. The molecule has 0 spiro atoms. The van der Waals surface area contributed by atoms with Crippen LogP contribution in [0.3, 0.4) is 0 Å². The summed E-state index contributed by atoms with van der Waals surface area (Å²) < 4.78 is 33.3. The van der Waals surface area contributed by atoms with Gasteiger partial charge in [0.25, 0.3) is 21.8 Å². The molecule has 3 aromatic rings. The lowest BCUT2D eigenvalue weighted by Gasteiger charge is -2.35. The van der Waals surface area contributed by atoms with E-state index < -0.39 is 40.5 Å². The molecule has 9 nitrogen and oxygen atoms in total. The first kappa shape index (κ1) is 24.6. The molecule has 2 amide bonds. The number of nitrogens with two attached hydrogens (primary N) is 1. The minimum absolute atomic E-state index is 0.125. The minimum Gasteiger partial charge on any atom is -0.456 e. The SMILES string of the molecule is NC(=O)c1ccccc1NC(=O)COC(=O)CC1c2ccccc2CCN1S(=O)(=O)c1cccs1. The van der Waals surface area contributed by atoms with Gasteiger partial charge in [0.15, 0.2) is 6.61 Å². The van der Waals surface area contributed by atoms with Gasteiger partial charge in [-0.1, -0.05) is 42.5 Å². The predicted octanol–water partition coefficient (Wildman–Crippen LogP) is 2.71. The minimum atomic E-state index is -3.82. The van der Waals surface area contributed by atoms with Crippen LogP contribution in [0, 0.1) is 0 Å². The van der Waals surface area contributed by atoms with E-state index in [4.69, 9.17) is 10.5 Å².